The van der Waals surface area contributed by atoms with Gasteiger partial charge in [0.25, 0.3) is 0 Å². The summed E-state index contributed by atoms with van der Waals surface area (Å²) in [4.78, 5) is 15.2. The lowest BCUT2D eigenvalue weighted by Crippen LogP contribution is -2.39. The summed E-state index contributed by atoms with van der Waals surface area (Å²) in [6, 6.07) is 16.4. The van der Waals surface area contributed by atoms with Crippen LogP contribution in [0.5, 0.6) is 5.75 Å². The van der Waals surface area contributed by atoms with Crippen molar-refractivity contribution in [3.8, 4) is 16.9 Å². The first kappa shape index (κ1) is 30.5. The van der Waals surface area contributed by atoms with E-state index in [0.29, 0.717) is 18.6 Å². The molecule has 0 amide bonds. The number of aryl methyl sites for hydroxylation is 1. The van der Waals surface area contributed by atoms with Gasteiger partial charge in [-0.15, -0.1) is 0 Å². The van der Waals surface area contributed by atoms with Crippen molar-refractivity contribution >= 4 is 17.2 Å². The van der Waals surface area contributed by atoms with Crippen LogP contribution in [-0.2, 0) is 16.0 Å². The fraction of sp³-hybridized carbons (Fsp3) is 0.429. The van der Waals surface area contributed by atoms with Gasteiger partial charge in [0, 0.05) is 36.3 Å². The first-order chi connectivity index (χ1) is 20.3. The van der Waals surface area contributed by atoms with Crippen molar-refractivity contribution in [2.45, 2.75) is 72.5 Å². The van der Waals surface area contributed by atoms with Gasteiger partial charge in [-0.3, -0.25) is 0 Å². The quantitative estimate of drug-likeness (QED) is 0.217. The number of piperidine rings is 1. The van der Waals surface area contributed by atoms with Gasteiger partial charge in [-0.2, -0.15) is 5.10 Å². The first-order valence-corrected chi connectivity index (χ1v) is 15.0. The molecule has 1 aliphatic heterocycles. The lowest BCUT2D eigenvalue weighted by atomic mass is 9.82. The maximum atomic E-state index is 13.2. The average Bonchev–Trinajstić information content (AvgIpc) is 3.43. The van der Waals surface area contributed by atoms with E-state index in [1.54, 1.807) is 18.3 Å². The number of fused-ring (bicyclic) bond motifs is 1. The number of aliphatic carboxylic acids is 1. The van der Waals surface area contributed by atoms with E-state index >= 15 is 0 Å². The number of anilines is 1. The van der Waals surface area contributed by atoms with Gasteiger partial charge >= 0.3 is 5.97 Å². The second-order valence-electron chi connectivity index (χ2n) is 13.2. The smallest absolute Gasteiger partial charge is 0.337 e. The molecule has 2 aromatic carbocycles. The minimum atomic E-state index is -1.17. The van der Waals surface area contributed by atoms with Crippen molar-refractivity contribution in [1.29, 1.82) is 0 Å². The van der Waals surface area contributed by atoms with Crippen LogP contribution in [0.3, 0.4) is 0 Å². The third-order valence-electron chi connectivity index (χ3n) is 8.21. The Labute approximate surface area is 253 Å². The summed E-state index contributed by atoms with van der Waals surface area (Å²) in [6.45, 7) is 14.2. The Morgan fingerprint density at radius 1 is 1.05 bits per heavy atom. The first-order valence-electron chi connectivity index (χ1n) is 15.0. The highest BCUT2D eigenvalue weighted by molar-refractivity contribution is 5.95. The summed E-state index contributed by atoms with van der Waals surface area (Å²) >= 11 is 0. The average molecular weight is 588 g/mol. The highest BCUT2D eigenvalue weighted by Crippen LogP contribution is 2.46. The van der Waals surface area contributed by atoms with Crippen LogP contribution in [-0.4, -0.2) is 46.0 Å². The molecule has 1 N–H and O–H groups in total. The molecule has 5 rings (SSSR count). The lowest BCUT2D eigenvalue weighted by Gasteiger charge is -2.41. The molecule has 43 heavy (non-hydrogen) atoms. The molecule has 2 aromatic heterocycles. The van der Waals surface area contributed by atoms with Gasteiger partial charge in [0.1, 0.15) is 11.6 Å². The molecule has 0 unspecified atom stereocenters. The minimum Gasteiger partial charge on any atom is -0.493 e. The second-order valence-corrected chi connectivity index (χ2v) is 13.2. The van der Waals surface area contributed by atoms with Gasteiger partial charge in [-0.25, -0.2) is 13.7 Å². The van der Waals surface area contributed by atoms with E-state index in [-0.39, 0.29) is 11.2 Å². The van der Waals surface area contributed by atoms with Crippen LogP contribution in [0.15, 0.2) is 60.8 Å². The van der Waals surface area contributed by atoms with Crippen LogP contribution in [0.25, 0.3) is 16.6 Å². The Kier molecular flexibility index (Phi) is 8.52. The van der Waals surface area contributed by atoms with Crippen LogP contribution < -0.4 is 9.64 Å². The number of aromatic nitrogens is 2. The molecule has 0 radical (unpaired) electrons. The fourth-order valence-electron chi connectivity index (χ4n) is 5.81. The largest absolute Gasteiger partial charge is 0.493 e. The lowest BCUT2D eigenvalue weighted by molar-refractivity contribution is -0.160. The number of carboxylic acids is 1. The molecule has 8 heteroatoms. The normalized spacial score (nSPS) is 15.9. The Bertz CT molecular complexity index is 1580. The number of ether oxygens (including phenoxy) is 2. The van der Waals surface area contributed by atoms with Crippen LogP contribution in [0.1, 0.15) is 70.4 Å². The van der Waals surface area contributed by atoms with Crippen LogP contribution in [0.2, 0.25) is 0 Å². The predicted octanol–water partition coefficient (Wildman–Crippen LogP) is 7.64. The van der Waals surface area contributed by atoms with E-state index in [9.17, 15) is 14.3 Å². The molecular formula is C35H42FN3O4. The monoisotopic (exact) mass is 587 g/mol. The van der Waals surface area contributed by atoms with Crippen molar-refractivity contribution in [2.75, 3.05) is 24.6 Å². The Balaban J connectivity index is 1.58. The van der Waals surface area contributed by atoms with Gasteiger partial charge < -0.3 is 19.5 Å². The maximum Gasteiger partial charge on any atom is 0.337 e. The number of hydrogen-bond acceptors (Lipinski definition) is 5. The molecule has 7 nitrogen and oxygen atoms in total. The van der Waals surface area contributed by atoms with Crippen molar-refractivity contribution in [3.05, 3.63) is 83.4 Å². The number of halogens is 1. The van der Waals surface area contributed by atoms with Crippen molar-refractivity contribution in [2.24, 2.45) is 5.41 Å². The molecule has 0 saturated carbocycles. The number of carboxylic acid groups (broad SMARTS) is 1. The van der Waals surface area contributed by atoms with Gasteiger partial charge in [0.15, 0.2) is 6.10 Å². The summed E-state index contributed by atoms with van der Waals surface area (Å²) < 4.78 is 27.3. The van der Waals surface area contributed by atoms with E-state index in [2.05, 4.69) is 23.8 Å². The van der Waals surface area contributed by atoms with Crippen molar-refractivity contribution in [3.63, 3.8) is 0 Å². The number of pyridine rings is 1. The molecule has 1 aliphatic rings. The zero-order valence-electron chi connectivity index (χ0n) is 26.0. The summed E-state index contributed by atoms with van der Waals surface area (Å²) in [6.07, 6.45) is 3.24. The van der Waals surface area contributed by atoms with Gasteiger partial charge in [-0.1, -0.05) is 38.1 Å². The Hall–Kier alpha value is -3.91. The SMILES string of the molecule is Cc1c([C@H](OC(C)(C)C)C(=O)O)c(N2CCC(C)(C)CC2)c(-c2ccc(OCCc3ccc(F)cc3)cc2)c2ccnn12. The van der Waals surface area contributed by atoms with Crippen LogP contribution in [0.4, 0.5) is 10.1 Å². The third-order valence-corrected chi connectivity index (χ3v) is 8.21. The van der Waals surface area contributed by atoms with E-state index in [1.165, 1.54) is 12.1 Å². The Morgan fingerprint density at radius 3 is 2.30 bits per heavy atom. The summed E-state index contributed by atoms with van der Waals surface area (Å²) in [5, 5.41) is 15.1. The van der Waals surface area contributed by atoms with Gasteiger partial charge in [0.05, 0.1) is 29.6 Å². The summed E-state index contributed by atoms with van der Waals surface area (Å²) in [5.41, 5.74) is 5.60. The highest BCUT2D eigenvalue weighted by atomic mass is 19.1. The number of hydrogen-bond donors (Lipinski definition) is 1. The molecule has 4 aromatic rings. The standard InChI is InChI=1S/C35H42FN3O4/c1-23-29(32(33(40)41)43-34(2,3)4)31(38-20-17-35(5,6)18-21-38)30(28-15-19-37-39(23)28)25-9-13-27(14-10-25)42-22-16-24-7-11-26(36)12-8-24/h7-15,19,32H,16-18,20-22H2,1-6H3,(H,40,41)/t32-/m0/s1. The minimum absolute atomic E-state index is 0.216. The third kappa shape index (κ3) is 6.85. The van der Waals surface area contributed by atoms with Gasteiger partial charge in [0.2, 0.25) is 0 Å². The molecule has 0 bridgehead atoms. The molecule has 3 heterocycles. The summed E-state index contributed by atoms with van der Waals surface area (Å²) in [5.74, 6) is -0.554. The zero-order chi connectivity index (χ0) is 30.9. The van der Waals surface area contributed by atoms with Crippen molar-refractivity contribution < 1.29 is 23.8 Å². The highest BCUT2D eigenvalue weighted by Gasteiger charge is 2.37. The number of rotatable bonds is 9. The van der Waals surface area contributed by atoms with E-state index in [1.807, 2.05) is 62.5 Å². The molecular weight excluding hydrogens is 545 g/mol. The van der Waals surface area contributed by atoms with E-state index < -0.39 is 17.7 Å². The molecule has 0 spiro atoms. The number of carbonyl (C=O) groups is 1. The number of benzene rings is 2. The number of nitrogens with zero attached hydrogens (tertiary/aromatic N) is 3. The topological polar surface area (TPSA) is 76.3 Å². The molecule has 1 saturated heterocycles. The molecule has 0 aliphatic carbocycles. The molecule has 1 fully saturated rings. The predicted molar refractivity (Wildman–Crippen MR) is 167 cm³/mol. The second kappa shape index (κ2) is 12.0. The molecule has 228 valence electrons. The van der Waals surface area contributed by atoms with Crippen molar-refractivity contribution in [1.82, 2.24) is 9.61 Å². The Morgan fingerprint density at radius 2 is 1.70 bits per heavy atom. The van der Waals surface area contributed by atoms with E-state index in [0.717, 1.165) is 65.3 Å². The van der Waals surface area contributed by atoms with Crippen LogP contribution >= 0.6 is 0 Å². The van der Waals surface area contributed by atoms with Crippen LogP contribution in [0, 0.1) is 18.2 Å². The zero-order valence-corrected chi connectivity index (χ0v) is 26.0. The van der Waals surface area contributed by atoms with Gasteiger partial charge in [-0.05, 0) is 87.4 Å². The molecule has 1 atom stereocenters. The van der Waals surface area contributed by atoms with E-state index in [4.69, 9.17) is 9.47 Å². The fourth-order valence-corrected chi connectivity index (χ4v) is 5.81. The maximum absolute atomic E-state index is 13.2. The summed E-state index contributed by atoms with van der Waals surface area (Å²) in [7, 11) is 0.